The minimum atomic E-state index is -0.314. The van der Waals surface area contributed by atoms with Crippen molar-refractivity contribution in [3.8, 4) is 0 Å². The summed E-state index contributed by atoms with van der Waals surface area (Å²) in [6.07, 6.45) is 4.43. The minimum Gasteiger partial charge on any atom is -0.348 e. The van der Waals surface area contributed by atoms with Gasteiger partial charge < -0.3 is 10.2 Å². The molecule has 2 aromatic rings. The van der Waals surface area contributed by atoms with Gasteiger partial charge in [0, 0.05) is 24.8 Å². The van der Waals surface area contributed by atoms with Crippen molar-refractivity contribution in [2.24, 2.45) is 5.41 Å². The lowest BCUT2D eigenvalue weighted by Crippen LogP contribution is -2.45. The SMILES string of the molecule is Cc1cccc(C(=O)N[C@@H]2CCC[C@]3(CCN(Cc4ccccc4)C3=O)C2)n1. The van der Waals surface area contributed by atoms with Gasteiger partial charge in [-0.3, -0.25) is 9.59 Å². The standard InChI is InChI=1S/C23H27N3O2/c1-17-7-5-11-20(24-17)21(27)25-19-10-6-12-23(15-19)13-14-26(22(23)28)16-18-8-3-2-4-9-18/h2-5,7-9,11,19H,6,10,12-16H2,1H3,(H,25,27)/t19-,23+/m1/s1. The molecule has 1 N–H and O–H groups in total. The Labute approximate surface area is 166 Å². The lowest BCUT2D eigenvalue weighted by molar-refractivity contribution is -0.138. The molecule has 146 valence electrons. The van der Waals surface area contributed by atoms with Crippen molar-refractivity contribution in [3.63, 3.8) is 0 Å². The molecule has 28 heavy (non-hydrogen) atoms. The van der Waals surface area contributed by atoms with E-state index < -0.39 is 0 Å². The highest BCUT2D eigenvalue weighted by molar-refractivity contribution is 5.92. The van der Waals surface area contributed by atoms with Crippen LogP contribution in [-0.4, -0.2) is 34.3 Å². The molecule has 5 heteroatoms. The number of nitrogens with zero attached hydrogens (tertiary/aromatic N) is 2. The maximum Gasteiger partial charge on any atom is 0.270 e. The molecule has 2 amide bonds. The Hall–Kier alpha value is -2.69. The summed E-state index contributed by atoms with van der Waals surface area (Å²) in [5.74, 6) is 0.112. The van der Waals surface area contributed by atoms with E-state index in [1.54, 1.807) is 6.07 Å². The van der Waals surface area contributed by atoms with Crippen LogP contribution in [0, 0.1) is 12.3 Å². The van der Waals surface area contributed by atoms with Crippen LogP contribution in [0.4, 0.5) is 0 Å². The second-order valence-electron chi connectivity index (χ2n) is 8.17. The third-order valence-corrected chi connectivity index (χ3v) is 6.12. The number of aromatic nitrogens is 1. The van der Waals surface area contributed by atoms with E-state index >= 15 is 0 Å². The smallest absolute Gasteiger partial charge is 0.270 e. The van der Waals surface area contributed by atoms with Crippen LogP contribution in [0.15, 0.2) is 48.5 Å². The van der Waals surface area contributed by atoms with Gasteiger partial charge in [0.1, 0.15) is 5.69 Å². The van der Waals surface area contributed by atoms with E-state index in [9.17, 15) is 9.59 Å². The van der Waals surface area contributed by atoms with Crippen LogP contribution in [0.3, 0.4) is 0 Å². The van der Waals surface area contributed by atoms with Crippen molar-refractivity contribution in [2.75, 3.05) is 6.54 Å². The van der Waals surface area contributed by atoms with Crippen LogP contribution in [0.2, 0.25) is 0 Å². The zero-order chi connectivity index (χ0) is 19.6. The number of carbonyl (C=O) groups excluding carboxylic acids is 2. The number of nitrogens with one attached hydrogen (secondary N) is 1. The Balaban J connectivity index is 1.41. The summed E-state index contributed by atoms with van der Waals surface area (Å²) in [5, 5.41) is 3.13. The molecule has 1 saturated heterocycles. The zero-order valence-corrected chi connectivity index (χ0v) is 16.4. The first-order chi connectivity index (χ1) is 13.6. The monoisotopic (exact) mass is 377 g/mol. The van der Waals surface area contributed by atoms with Gasteiger partial charge in [-0.1, -0.05) is 42.8 Å². The second-order valence-corrected chi connectivity index (χ2v) is 8.17. The van der Waals surface area contributed by atoms with Gasteiger partial charge in [-0.15, -0.1) is 0 Å². The number of benzene rings is 1. The predicted molar refractivity (Wildman–Crippen MR) is 108 cm³/mol. The maximum atomic E-state index is 13.2. The molecule has 1 aliphatic heterocycles. The van der Waals surface area contributed by atoms with Crippen LogP contribution in [0.5, 0.6) is 0 Å². The number of likely N-dealkylation sites (tertiary alicyclic amines) is 1. The van der Waals surface area contributed by atoms with Gasteiger partial charge in [-0.05, 0) is 50.3 Å². The topological polar surface area (TPSA) is 62.3 Å². The molecule has 1 spiro atoms. The Morgan fingerprint density at radius 1 is 1.18 bits per heavy atom. The number of hydrogen-bond donors (Lipinski definition) is 1. The van der Waals surface area contributed by atoms with Gasteiger partial charge in [0.15, 0.2) is 0 Å². The van der Waals surface area contributed by atoms with E-state index in [0.29, 0.717) is 12.2 Å². The summed E-state index contributed by atoms with van der Waals surface area (Å²) in [4.78, 5) is 32.1. The summed E-state index contributed by atoms with van der Waals surface area (Å²) in [6.45, 7) is 3.35. The fourth-order valence-corrected chi connectivity index (χ4v) is 4.68. The average molecular weight is 377 g/mol. The fraction of sp³-hybridized carbons (Fsp3) is 0.435. The van der Waals surface area contributed by atoms with Crippen LogP contribution >= 0.6 is 0 Å². The predicted octanol–water partition coefficient (Wildman–Crippen LogP) is 3.48. The molecule has 1 saturated carbocycles. The van der Waals surface area contributed by atoms with E-state index in [4.69, 9.17) is 0 Å². The number of aryl methyl sites for hydroxylation is 1. The van der Waals surface area contributed by atoms with Crippen LogP contribution in [-0.2, 0) is 11.3 Å². The minimum absolute atomic E-state index is 0.0317. The van der Waals surface area contributed by atoms with E-state index in [1.165, 1.54) is 5.56 Å². The van der Waals surface area contributed by atoms with Crippen molar-refractivity contribution in [3.05, 3.63) is 65.5 Å². The van der Waals surface area contributed by atoms with E-state index in [0.717, 1.165) is 44.3 Å². The molecule has 0 unspecified atom stereocenters. The molecule has 2 aliphatic rings. The van der Waals surface area contributed by atoms with Gasteiger partial charge in [-0.25, -0.2) is 4.98 Å². The van der Waals surface area contributed by atoms with Gasteiger partial charge >= 0.3 is 0 Å². The summed E-state index contributed by atoms with van der Waals surface area (Å²) in [6, 6.07) is 15.6. The first kappa shape index (κ1) is 18.7. The molecule has 2 heterocycles. The highest BCUT2D eigenvalue weighted by atomic mass is 16.2. The van der Waals surface area contributed by atoms with Crippen molar-refractivity contribution in [1.82, 2.24) is 15.2 Å². The summed E-state index contributed by atoms with van der Waals surface area (Å²) < 4.78 is 0. The molecule has 2 fully saturated rings. The van der Waals surface area contributed by atoms with Crippen molar-refractivity contribution >= 4 is 11.8 Å². The van der Waals surface area contributed by atoms with Crippen molar-refractivity contribution in [1.29, 1.82) is 0 Å². The van der Waals surface area contributed by atoms with Gasteiger partial charge in [0.05, 0.1) is 5.41 Å². The quantitative estimate of drug-likeness (QED) is 0.887. The second kappa shape index (κ2) is 7.74. The lowest BCUT2D eigenvalue weighted by atomic mass is 9.71. The number of rotatable bonds is 4. The van der Waals surface area contributed by atoms with Gasteiger partial charge in [0.25, 0.3) is 5.91 Å². The van der Waals surface area contributed by atoms with E-state index in [-0.39, 0.29) is 23.3 Å². The highest BCUT2D eigenvalue weighted by Crippen LogP contribution is 2.45. The molecule has 1 aromatic heterocycles. The third kappa shape index (κ3) is 3.79. The molecule has 0 bridgehead atoms. The largest absolute Gasteiger partial charge is 0.348 e. The molecule has 4 rings (SSSR count). The van der Waals surface area contributed by atoms with Crippen molar-refractivity contribution in [2.45, 2.75) is 51.6 Å². The van der Waals surface area contributed by atoms with Gasteiger partial charge in [0.2, 0.25) is 5.91 Å². The normalized spacial score (nSPS) is 24.5. The highest BCUT2D eigenvalue weighted by Gasteiger charge is 2.49. The Morgan fingerprint density at radius 2 is 2.00 bits per heavy atom. The summed E-state index contributed by atoms with van der Waals surface area (Å²) >= 11 is 0. The molecule has 1 aliphatic carbocycles. The summed E-state index contributed by atoms with van der Waals surface area (Å²) in [7, 11) is 0. The Kier molecular flexibility index (Phi) is 5.16. The molecular formula is C23H27N3O2. The number of pyridine rings is 1. The van der Waals surface area contributed by atoms with Crippen molar-refractivity contribution < 1.29 is 9.59 Å². The van der Waals surface area contributed by atoms with Crippen LogP contribution in [0.1, 0.15) is 53.8 Å². The first-order valence-corrected chi connectivity index (χ1v) is 10.1. The Morgan fingerprint density at radius 3 is 2.79 bits per heavy atom. The number of carbonyl (C=O) groups is 2. The molecule has 2 atom stereocenters. The van der Waals surface area contributed by atoms with E-state index in [1.807, 2.05) is 42.2 Å². The first-order valence-electron chi connectivity index (χ1n) is 10.1. The molecular weight excluding hydrogens is 350 g/mol. The molecule has 1 aromatic carbocycles. The van der Waals surface area contributed by atoms with Crippen LogP contribution in [0.25, 0.3) is 0 Å². The molecule has 0 radical (unpaired) electrons. The number of hydrogen-bond acceptors (Lipinski definition) is 3. The number of amides is 2. The average Bonchev–Trinajstić information content (AvgIpc) is 2.98. The summed E-state index contributed by atoms with van der Waals surface area (Å²) in [5.41, 5.74) is 2.13. The lowest BCUT2D eigenvalue weighted by Gasteiger charge is -2.36. The third-order valence-electron chi connectivity index (χ3n) is 6.12. The maximum absolute atomic E-state index is 13.2. The Bertz CT molecular complexity index is 867. The van der Waals surface area contributed by atoms with Crippen LogP contribution < -0.4 is 5.32 Å². The fourth-order valence-electron chi connectivity index (χ4n) is 4.68. The van der Waals surface area contributed by atoms with Gasteiger partial charge in [-0.2, -0.15) is 0 Å². The van der Waals surface area contributed by atoms with E-state index in [2.05, 4.69) is 22.4 Å². The zero-order valence-electron chi connectivity index (χ0n) is 16.4. The molecule has 5 nitrogen and oxygen atoms in total.